The van der Waals surface area contributed by atoms with E-state index in [2.05, 4.69) is 20.5 Å². The summed E-state index contributed by atoms with van der Waals surface area (Å²) in [5.41, 5.74) is 0.488. The van der Waals surface area contributed by atoms with E-state index in [0.29, 0.717) is 5.69 Å². The Morgan fingerprint density at radius 1 is 1.08 bits per heavy atom. The number of nitrogens with zero attached hydrogens (tertiary/aromatic N) is 2. The van der Waals surface area contributed by atoms with Crippen LogP contribution in [0, 0.1) is 0 Å². The van der Waals surface area contributed by atoms with Crippen LogP contribution >= 0.6 is 0 Å². The fourth-order valence-corrected chi connectivity index (χ4v) is 2.09. The van der Waals surface area contributed by atoms with Crippen molar-refractivity contribution in [1.29, 1.82) is 0 Å². The lowest BCUT2D eigenvalue weighted by Gasteiger charge is -2.08. The van der Waals surface area contributed by atoms with Gasteiger partial charge >= 0.3 is 6.18 Å². The Balaban J connectivity index is 1.77. The summed E-state index contributed by atoms with van der Waals surface area (Å²) in [7, 11) is 0. The first-order valence-electron chi connectivity index (χ1n) is 6.88. The molecule has 0 aliphatic carbocycles. The van der Waals surface area contributed by atoms with E-state index in [4.69, 9.17) is 0 Å². The van der Waals surface area contributed by atoms with Gasteiger partial charge in [-0.05, 0) is 30.3 Å². The number of rotatable bonds is 3. The van der Waals surface area contributed by atoms with E-state index in [1.165, 1.54) is 12.1 Å². The molecule has 1 amide bonds. The molecule has 0 fully saturated rings. The van der Waals surface area contributed by atoms with Crippen LogP contribution < -0.4 is 5.32 Å². The summed E-state index contributed by atoms with van der Waals surface area (Å²) < 4.78 is 38.1. The monoisotopic (exact) mass is 332 g/mol. The number of hydrogen-bond donors (Lipinski definition) is 2. The predicted octanol–water partition coefficient (Wildman–Crippen LogP) is 3.74. The zero-order valence-electron chi connectivity index (χ0n) is 12.1. The van der Waals surface area contributed by atoms with Crippen molar-refractivity contribution in [2.45, 2.75) is 6.18 Å². The third-order valence-corrected chi connectivity index (χ3v) is 3.26. The molecule has 0 saturated carbocycles. The lowest BCUT2D eigenvalue weighted by atomic mass is 10.1. The number of anilines is 1. The van der Waals surface area contributed by atoms with Crippen LogP contribution in [0.3, 0.4) is 0 Å². The van der Waals surface area contributed by atoms with Gasteiger partial charge in [-0.1, -0.05) is 6.07 Å². The maximum atomic E-state index is 12.7. The predicted molar refractivity (Wildman–Crippen MR) is 81.2 cm³/mol. The first-order valence-corrected chi connectivity index (χ1v) is 6.88. The van der Waals surface area contributed by atoms with Crippen LogP contribution in [0.1, 0.15) is 15.9 Å². The summed E-state index contributed by atoms with van der Waals surface area (Å²) >= 11 is 0. The largest absolute Gasteiger partial charge is 0.416 e. The fourth-order valence-electron chi connectivity index (χ4n) is 2.09. The van der Waals surface area contributed by atoms with Gasteiger partial charge in [-0.15, -0.1) is 0 Å². The van der Waals surface area contributed by atoms with E-state index < -0.39 is 17.6 Å². The molecule has 122 valence electrons. The summed E-state index contributed by atoms with van der Waals surface area (Å²) in [4.78, 5) is 16.0. The van der Waals surface area contributed by atoms with Gasteiger partial charge in [0.15, 0.2) is 5.82 Å². The van der Waals surface area contributed by atoms with Gasteiger partial charge in [0.1, 0.15) is 0 Å². The maximum absolute atomic E-state index is 12.7. The normalized spacial score (nSPS) is 11.3. The molecule has 3 aromatic rings. The Bertz CT molecular complexity index is 859. The van der Waals surface area contributed by atoms with Gasteiger partial charge in [0.05, 0.1) is 11.3 Å². The smallest absolute Gasteiger partial charge is 0.305 e. The molecule has 0 saturated heterocycles. The number of carbonyl (C=O) groups excluding carboxylic acids is 1. The molecule has 0 radical (unpaired) electrons. The highest BCUT2D eigenvalue weighted by molar-refractivity contribution is 6.04. The van der Waals surface area contributed by atoms with Crippen molar-refractivity contribution < 1.29 is 18.0 Å². The molecule has 3 rings (SSSR count). The number of carbonyl (C=O) groups is 1. The van der Waals surface area contributed by atoms with Crippen LogP contribution in [0.15, 0.2) is 54.9 Å². The molecule has 24 heavy (non-hydrogen) atoms. The molecule has 2 heterocycles. The van der Waals surface area contributed by atoms with Crippen LogP contribution in [-0.2, 0) is 6.18 Å². The second kappa shape index (κ2) is 6.15. The minimum atomic E-state index is -4.50. The quantitative estimate of drug-likeness (QED) is 0.767. The van der Waals surface area contributed by atoms with Crippen LogP contribution in [0.4, 0.5) is 19.0 Å². The van der Waals surface area contributed by atoms with Gasteiger partial charge < -0.3 is 5.32 Å². The molecule has 8 heteroatoms. The van der Waals surface area contributed by atoms with Crippen LogP contribution in [0.5, 0.6) is 0 Å². The average molecular weight is 332 g/mol. The molecule has 2 N–H and O–H groups in total. The minimum absolute atomic E-state index is 0.0988. The van der Waals surface area contributed by atoms with Gasteiger partial charge in [0.2, 0.25) is 0 Å². The number of amides is 1. The van der Waals surface area contributed by atoms with Gasteiger partial charge in [-0.3, -0.25) is 14.9 Å². The summed E-state index contributed by atoms with van der Waals surface area (Å²) in [6.45, 7) is 0. The molecular formula is C16H11F3N4O. The van der Waals surface area contributed by atoms with Gasteiger partial charge in [0, 0.05) is 29.6 Å². The number of nitrogens with one attached hydrogen (secondary N) is 2. The van der Waals surface area contributed by atoms with E-state index in [1.807, 2.05) is 0 Å². The second-order valence-electron chi connectivity index (χ2n) is 4.94. The highest BCUT2D eigenvalue weighted by Crippen LogP contribution is 2.29. The summed E-state index contributed by atoms with van der Waals surface area (Å²) in [6.07, 6.45) is -1.29. The van der Waals surface area contributed by atoms with Crippen molar-refractivity contribution in [1.82, 2.24) is 15.2 Å². The van der Waals surface area contributed by atoms with E-state index in [9.17, 15) is 18.0 Å². The van der Waals surface area contributed by atoms with Gasteiger partial charge in [0.25, 0.3) is 5.91 Å². The van der Waals surface area contributed by atoms with Crippen molar-refractivity contribution in [3.63, 3.8) is 0 Å². The average Bonchev–Trinajstić information content (AvgIpc) is 3.03. The number of aromatic amines is 1. The standard InChI is InChI=1S/C16H11F3N4O/c17-16(18,19)12-3-1-2-11(8-12)15(24)21-14-9-13(22-23-14)10-4-6-20-7-5-10/h1-9H,(H2,21,22,23,24). The number of pyridine rings is 1. The molecule has 0 aliphatic heterocycles. The molecule has 0 aliphatic rings. The lowest BCUT2D eigenvalue weighted by molar-refractivity contribution is -0.137. The third-order valence-electron chi connectivity index (χ3n) is 3.26. The molecular weight excluding hydrogens is 321 g/mol. The molecule has 0 atom stereocenters. The Morgan fingerprint density at radius 2 is 1.83 bits per heavy atom. The molecule has 0 bridgehead atoms. The topological polar surface area (TPSA) is 70.7 Å². The number of aromatic nitrogens is 3. The van der Waals surface area contributed by atoms with Crippen molar-refractivity contribution >= 4 is 11.7 Å². The van der Waals surface area contributed by atoms with Gasteiger partial charge in [-0.25, -0.2) is 0 Å². The number of benzene rings is 1. The molecule has 5 nitrogen and oxygen atoms in total. The Labute approximate surface area is 134 Å². The molecule has 2 aromatic heterocycles. The Kier molecular flexibility index (Phi) is 4.03. The maximum Gasteiger partial charge on any atom is 0.416 e. The lowest BCUT2D eigenvalue weighted by Crippen LogP contribution is -2.14. The third kappa shape index (κ3) is 3.43. The minimum Gasteiger partial charge on any atom is -0.305 e. The van der Waals surface area contributed by atoms with Crippen molar-refractivity contribution in [2.75, 3.05) is 5.32 Å². The van der Waals surface area contributed by atoms with Crippen molar-refractivity contribution in [2.24, 2.45) is 0 Å². The van der Waals surface area contributed by atoms with Gasteiger partial charge in [-0.2, -0.15) is 18.3 Å². The number of H-pyrrole nitrogens is 1. The Morgan fingerprint density at radius 3 is 2.54 bits per heavy atom. The molecule has 0 spiro atoms. The zero-order chi connectivity index (χ0) is 17.2. The van der Waals surface area contributed by atoms with E-state index >= 15 is 0 Å². The number of halogens is 3. The van der Waals surface area contributed by atoms with Crippen molar-refractivity contribution in [3.05, 3.63) is 66.0 Å². The van der Waals surface area contributed by atoms with Crippen molar-refractivity contribution in [3.8, 4) is 11.3 Å². The van der Waals surface area contributed by atoms with Crippen LogP contribution in [0.25, 0.3) is 11.3 Å². The second-order valence-corrected chi connectivity index (χ2v) is 4.94. The zero-order valence-corrected chi connectivity index (χ0v) is 12.1. The SMILES string of the molecule is O=C(Nc1cc(-c2ccncc2)[nH]n1)c1cccc(C(F)(F)F)c1. The van der Waals surface area contributed by atoms with E-state index in [0.717, 1.165) is 17.7 Å². The number of alkyl halides is 3. The first-order chi connectivity index (χ1) is 11.4. The summed E-state index contributed by atoms with van der Waals surface area (Å²) in [5, 5.41) is 9.13. The fraction of sp³-hybridized carbons (Fsp3) is 0.0625. The number of hydrogen-bond acceptors (Lipinski definition) is 3. The molecule has 0 unspecified atom stereocenters. The first kappa shape index (κ1) is 15.7. The highest BCUT2D eigenvalue weighted by atomic mass is 19.4. The van der Waals surface area contributed by atoms with E-state index in [1.54, 1.807) is 30.6 Å². The summed E-state index contributed by atoms with van der Waals surface area (Å²) in [6, 6.07) is 9.29. The van der Waals surface area contributed by atoms with Crippen LogP contribution in [0.2, 0.25) is 0 Å². The summed E-state index contributed by atoms with van der Waals surface area (Å²) in [5.74, 6) is -0.460. The van der Waals surface area contributed by atoms with Crippen LogP contribution in [-0.4, -0.2) is 21.1 Å². The highest BCUT2D eigenvalue weighted by Gasteiger charge is 2.30. The Hall–Kier alpha value is -3.16. The van der Waals surface area contributed by atoms with E-state index in [-0.39, 0.29) is 11.4 Å². The molecule has 1 aromatic carbocycles.